The van der Waals surface area contributed by atoms with E-state index in [4.69, 9.17) is 5.73 Å². The van der Waals surface area contributed by atoms with Crippen LogP contribution in [0.4, 0.5) is 18.9 Å². The average molecular weight is 639 g/mol. The number of hydrogen-bond acceptors (Lipinski definition) is 8. The van der Waals surface area contributed by atoms with Crippen LogP contribution >= 0.6 is 0 Å². The topological polar surface area (TPSA) is 152 Å². The number of halogens is 3. The van der Waals surface area contributed by atoms with Crippen molar-refractivity contribution >= 4 is 27.1 Å². The van der Waals surface area contributed by atoms with Crippen molar-refractivity contribution in [2.75, 3.05) is 11.6 Å². The van der Waals surface area contributed by atoms with Crippen molar-refractivity contribution in [1.29, 1.82) is 5.26 Å². The van der Waals surface area contributed by atoms with Crippen LogP contribution in [0.5, 0.6) is 5.75 Å². The Morgan fingerprint density at radius 1 is 1.04 bits per heavy atom. The molecule has 0 atom stereocenters. The number of alkyl halides is 3. The van der Waals surface area contributed by atoms with Crippen molar-refractivity contribution in [3.05, 3.63) is 90.3 Å². The number of ether oxygens (including phenoxy) is 1. The standard InChI is InChI=1S/C31H29F3N6O4S/c1-30(2,18-36)38-29(41)26-16-28(40(3)39-26)24-13-10-21(20-6-5-7-23(14-20)45(4,42)43)15-25(24)37-27(17-35)19-8-11-22(12-9-19)44-31(32,33)34/h5-17,37H,35H2,1-4H3,(H,38,41)/b27-17-. The third-order valence-corrected chi connectivity index (χ3v) is 7.65. The molecule has 0 aliphatic carbocycles. The fraction of sp³-hybridized carbons (Fsp3) is 0.194. The third kappa shape index (κ3) is 8.01. The second kappa shape index (κ2) is 12.4. The van der Waals surface area contributed by atoms with Crippen LogP contribution < -0.4 is 21.1 Å². The zero-order valence-electron chi connectivity index (χ0n) is 24.6. The second-order valence-electron chi connectivity index (χ2n) is 10.6. The number of carbonyl (C=O) groups excluding carboxylic acids is 1. The van der Waals surface area contributed by atoms with Gasteiger partial charge in [0.05, 0.1) is 22.4 Å². The van der Waals surface area contributed by atoms with Gasteiger partial charge in [-0.3, -0.25) is 9.48 Å². The Kier molecular flexibility index (Phi) is 8.97. The SMILES string of the molecule is Cn1nc(C(=O)NC(C)(C)C#N)cc1-c1ccc(-c2cccc(S(C)(=O)=O)c2)cc1N/C(=C\N)c1ccc(OC(F)(F)F)cc1. The van der Waals surface area contributed by atoms with E-state index in [1.807, 2.05) is 6.07 Å². The molecule has 1 heterocycles. The Morgan fingerprint density at radius 2 is 1.71 bits per heavy atom. The first-order valence-corrected chi connectivity index (χ1v) is 15.2. The molecular formula is C31H29F3N6O4S. The molecule has 234 valence electrons. The molecule has 0 saturated heterocycles. The maximum atomic E-state index is 12.9. The molecule has 0 saturated carbocycles. The van der Waals surface area contributed by atoms with Gasteiger partial charge in [0.1, 0.15) is 11.3 Å². The van der Waals surface area contributed by atoms with Gasteiger partial charge in [0, 0.05) is 30.8 Å². The van der Waals surface area contributed by atoms with Crippen molar-refractivity contribution in [3.63, 3.8) is 0 Å². The van der Waals surface area contributed by atoms with E-state index in [9.17, 15) is 31.6 Å². The first kappa shape index (κ1) is 32.6. The first-order chi connectivity index (χ1) is 21.0. The summed E-state index contributed by atoms with van der Waals surface area (Å²) in [5, 5.41) is 19.5. The number of benzene rings is 3. The molecule has 0 aliphatic heterocycles. The maximum Gasteiger partial charge on any atom is 0.573 e. The van der Waals surface area contributed by atoms with Crippen LogP contribution in [0.2, 0.25) is 0 Å². The molecule has 0 radical (unpaired) electrons. The smallest absolute Gasteiger partial charge is 0.406 e. The zero-order chi connectivity index (χ0) is 33.2. The highest BCUT2D eigenvalue weighted by Gasteiger charge is 2.31. The monoisotopic (exact) mass is 638 g/mol. The molecule has 1 aromatic heterocycles. The van der Waals surface area contributed by atoms with E-state index in [0.717, 1.165) is 18.4 Å². The van der Waals surface area contributed by atoms with Crippen LogP contribution in [0.25, 0.3) is 28.1 Å². The highest BCUT2D eigenvalue weighted by Crippen LogP contribution is 2.36. The lowest BCUT2D eigenvalue weighted by Gasteiger charge is -2.17. The van der Waals surface area contributed by atoms with Gasteiger partial charge < -0.3 is 21.1 Å². The van der Waals surface area contributed by atoms with Crippen molar-refractivity contribution in [3.8, 4) is 34.2 Å². The first-order valence-electron chi connectivity index (χ1n) is 13.3. The van der Waals surface area contributed by atoms with E-state index >= 15 is 0 Å². The van der Waals surface area contributed by atoms with Crippen LogP contribution in [0.1, 0.15) is 29.9 Å². The Bertz CT molecular complexity index is 1930. The lowest BCUT2D eigenvalue weighted by atomic mass is 10.00. The third-order valence-electron chi connectivity index (χ3n) is 6.54. The normalized spacial score (nSPS) is 12.4. The molecule has 0 bridgehead atoms. The maximum absolute atomic E-state index is 12.9. The van der Waals surface area contributed by atoms with E-state index in [1.54, 1.807) is 57.3 Å². The molecule has 0 unspecified atom stereocenters. The summed E-state index contributed by atoms with van der Waals surface area (Å²) in [7, 11) is -1.85. The summed E-state index contributed by atoms with van der Waals surface area (Å²) in [5.74, 6) is -0.966. The fourth-order valence-electron chi connectivity index (χ4n) is 4.35. The average Bonchev–Trinajstić information content (AvgIpc) is 3.36. The Hall–Kier alpha value is -5.29. The molecule has 0 spiro atoms. The number of nitrogens with one attached hydrogen (secondary N) is 2. The van der Waals surface area contributed by atoms with Gasteiger partial charge in [-0.1, -0.05) is 24.3 Å². The van der Waals surface area contributed by atoms with Crippen LogP contribution in [0.15, 0.2) is 83.9 Å². The van der Waals surface area contributed by atoms with Gasteiger partial charge in [-0.25, -0.2) is 8.42 Å². The summed E-state index contributed by atoms with van der Waals surface area (Å²) < 4.78 is 67.8. The minimum absolute atomic E-state index is 0.0570. The Labute approximate surface area is 257 Å². The molecule has 45 heavy (non-hydrogen) atoms. The van der Waals surface area contributed by atoms with Crippen LogP contribution in [0, 0.1) is 11.3 Å². The number of nitrogens with two attached hydrogens (primary N) is 1. The van der Waals surface area contributed by atoms with Gasteiger partial charge >= 0.3 is 6.36 Å². The van der Waals surface area contributed by atoms with Gasteiger partial charge in [0.25, 0.3) is 5.91 Å². The van der Waals surface area contributed by atoms with Gasteiger partial charge in [0.2, 0.25) is 0 Å². The molecule has 1 amide bonds. The number of rotatable bonds is 9. The van der Waals surface area contributed by atoms with Crippen molar-refractivity contribution in [1.82, 2.24) is 15.1 Å². The fourth-order valence-corrected chi connectivity index (χ4v) is 5.02. The molecule has 4 aromatic rings. The Morgan fingerprint density at radius 3 is 2.31 bits per heavy atom. The predicted octanol–water partition coefficient (Wildman–Crippen LogP) is 5.46. The van der Waals surface area contributed by atoms with Crippen molar-refractivity contribution in [2.45, 2.75) is 30.6 Å². The summed E-state index contributed by atoms with van der Waals surface area (Å²) in [6.45, 7) is 3.10. The number of aryl methyl sites for hydroxylation is 1. The van der Waals surface area contributed by atoms with Gasteiger partial charge in [0.15, 0.2) is 15.5 Å². The molecule has 0 fully saturated rings. The molecule has 3 aromatic carbocycles. The summed E-state index contributed by atoms with van der Waals surface area (Å²) in [4.78, 5) is 13.0. The van der Waals surface area contributed by atoms with Crippen LogP contribution in [-0.4, -0.2) is 42.3 Å². The number of nitrogens with zero attached hydrogens (tertiary/aromatic N) is 3. The quantitative estimate of drug-likeness (QED) is 0.219. The molecule has 4 N–H and O–H groups in total. The number of hydrogen-bond donors (Lipinski definition) is 3. The molecule has 10 nitrogen and oxygen atoms in total. The second-order valence-corrected chi connectivity index (χ2v) is 12.6. The van der Waals surface area contributed by atoms with Gasteiger partial charge in [-0.05, 0) is 79.1 Å². The molecule has 4 rings (SSSR count). The van der Waals surface area contributed by atoms with Crippen LogP contribution in [0.3, 0.4) is 0 Å². The number of amides is 1. The van der Waals surface area contributed by atoms with Gasteiger partial charge in [-0.15, -0.1) is 13.2 Å². The van der Waals surface area contributed by atoms with Gasteiger partial charge in [-0.2, -0.15) is 10.4 Å². The van der Waals surface area contributed by atoms with E-state index in [-0.39, 0.29) is 10.6 Å². The summed E-state index contributed by atoms with van der Waals surface area (Å²) >= 11 is 0. The largest absolute Gasteiger partial charge is 0.573 e. The zero-order valence-corrected chi connectivity index (χ0v) is 25.4. The minimum Gasteiger partial charge on any atom is -0.406 e. The number of aromatic nitrogens is 2. The molecular weight excluding hydrogens is 609 g/mol. The summed E-state index contributed by atoms with van der Waals surface area (Å²) in [6, 6.07) is 20.3. The summed E-state index contributed by atoms with van der Waals surface area (Å²) in [5.41, 5.74) is 8.38. The van der Waals surface area contributed by atoms with Crippen LogP contribution in [-0.2, 0) is 16.9 Å². The number of sulfone groups is 1. The predicted molar refractivity (Wildman–Crippen MR) is 163 cm³/mol. The number of anilines is 1. The lowest BCUT2D eigenvalue weighted by Crippen LogP contribution is -2.42. The minimum atomic E-state index is -4.85. The molecule has 14 heteroatoms. The number of nitriles is 1. The van der Waals surface area contributed by atoms with E-state index < -0.39 is 33.4 Å². The van der Waals surface area contributed by atoms with E-state index in [2.05, 4.69) is 20.5 Å². The molecule has 0 aliphatic rings. The van der Waals surface area contributed by atoms with Crippen molar-refractivity contribution in [2.24, 2.45) is 12.8 Å². The van der Waals surface area contributed by atoms with E-state index in [1.165, 1.54) is 35.1 Å². The van der Waals surface area contributed by atoms with Crippen molar-refractivity contribution < 1.29 is 31.1 Å². The van der Waals surface area contributed by atoms with E-state index in [0.29, 0.717) is 39.3 Å². The summed E-state index contributed by atoms with van der Waals surface area (Å²) in [6.07, 6.45) is -2.49. The highest BCUT2D eigenvalue weighted by atomic mass is 32.2. The number of carbonyl (C=O) groups is 1. The highest BCUT2D eigenvalue weighted by molar-refractivity contribution is 7.90. The Balaban J connectivity index is 1.80. The lowest BCUT2D eigenvalue weighted by molar-refractivity contribution is -0.274.